The molecule has 0 radical (unpaired) electrons. The van der Waals surface area contributed by atoms with Crippen molar-refractivity contribution in [2.75, 3.05) is 31.0 Å². The lowest BCUT2D eigenvalue weighted by molar-refractivity contribution is -0.141. The molecule has 2 amide bonds. The zero-order chi connectivity index (χ0) is 27.9. The average Bonchev–Trinajstić information content (AvgIpc) is 3.33. The smallest absolute Gasteiger partial charge is 0.243 e. The van der Waals surface area contributed by atoms with Gasteiger partial charge in [-0.05, 0) is 56.5 Å². The van der Waals surface area contributed by atoms with E-state index in [1.165, 1.54) is 4.31 Å². The number of nitrogens with zero attached hydrogens (tertiary/aromatic N) is 2. The van der Waals surface area contributed by atoms with Gasteiger partial charge < -0.3 is 24.4 Å². The number of hydrogen-bond acceptors (Lipinski definition) is 7. The number of rotatable bonds is 13. The van der Waals surface area contributed by atoms with Gasteiger partial charge in [-0.15, -0.1) is 0 Å². The molecule has 208 valence electrons. The van der Waals surface area contributed by atoms with Crippen LogP contribution in [0.1, 0.15) is 45.6 Å². The summed E-state index contributed by atoms with van der Waals surface area (Å²) in [5.41, 5.74) is 1.26. The molecule has 1 aliphatic rings. The van der Waals surface area contributed by atoms with Gasteiger partial charge in [0, 0.05) is 31.6 Å². The van der Waals surface area contributed by atoms with Crippen molar-refractivity contribution in [1.82, 2.24) is 10.2 Å². The summed E-state index contributed by atoms with van der Waals surface area (Å²) in [5.74, 6) is 1.21. The van der Waals surface area contributed by atoms with Gasteiger partial charge in [0.25, 0.3) is 0 Å². The van der Waals surface area contributed by atoms with E-state index in [0.29, 0.717) is 29.4 Å². The van der Waals surface area contributed by atoms with E-state index in [4.69, 9.17) is 14.2 Å². The SMILES string of the molecule is CC[C@@H](C(=O)NC(C)C)N(Cc1cccc(OC)c1)C(=O)CCCN(c1ccc2c(c1)OCO2)S(C)(=O)=O. The maximum atomic E-state index is 13.5. The van der Waals surface area contributed by atoms with Crippen LogP contribution < -0.4 is 23.8 Å². The van der Waals surface area contributed by atoms with Crippen LogP contribution in [0.15, 0.2) is 42.5 Å². The van der Waals surface area contributed by atoms with Gasteiger partial charge in [0.05, 0.1) is 19.1 Å². The van der Waals surface area contributed by atoms with E-state index in [2.05, 4.69) is 5.32 Å². The van der Waals surface area contributed by atoms with Crippen LogP contribution in [0, 0.1) is 0 Å². The monoisotopic (exact) mass is 547 g/mol. The molecule has 1 aliphatic heterocycles. The maximum Gasteiger partial charge on any atom is 0.243 e. The lowest BCUT2D eigenvalue weighted by atomic mass is 10.1. The number of carbonyl (C=O) groups excluding carboxylic acids is 2. The highest BCUT2D eigenvalue weighted by Crippen LogP contribution is 2.36. The number of nitrogens with one attached hydrogen (secondary N) is 1. The molecule has 1 atom stereocenters. The first-order chi connectivity index (χ1) is 18.0. The van der Waals surface area contributed by atoms with Crippen molar-refractivity contribution in [2.24, 2.45) is 0 Å². The Hall–Kier alpha value is -3.47. The number of ether oxygens (including phenoxy) is 3. The molecule has 10 nitrogen and oxygen atoms in total. The van der Waals surface area contributed by atoms with E-state index in [9.17, 15) is 18.0 Å². The van der Waals surface area contributed by atoms with Gasteiger partial charge in [-0.1, -0.05) is 19.1 Å². The predicted octanol–water partition coefficient (Wildman–Crippen LogP) is 3.30. The Morgan fingerprint density at radius 2 is 1.84 bits per heavy atom. The first-order valence-corrected chi connectivity index (χ1v) is 14.5. The molecule has 11 heteroatoms. The zero-order valence-electron chi connectivity index (χ0n) is 22.6. The van der Waals surface area contributed by atoms with E-state index in [1.54, 1.807) is 30.2 Å². The lowest BCUT2D eigenvalue weighted by Crippen LogP contribution is -2.50. The van der Waals surface area contributed by atoms with Crippen molar-refractivity contribution in [2.45, 2.75) is 58.7 Å². The van der Waals surface area contributed by atoms with Gasteiger partial charge >= 0.3 is 0 Å². The van der Waals surface area contributed by atoms with Crippen LogP contribution in [-0.4, -0.2) is 63.9 Å². The fourth-order valence-electron chi connectivity index (χ4n) is 4.31. The summed E-state index contributed by atoms with van der Waals surface area (Å²) >= 11 is 0. The second-order valence-corrected chi connectivity index (χ2v) is 11.3. The Bertz CT molecular complexity index is 1230. The molecular weight excluding hydrogens is 510 g/mol. The third-order valence-corrected chi connectivity index (χ3v) is 7.29. The molecule has 0 fully saturated rings. The lowest BCUT2D eigenvalue weighted by Gasteiger charge is -2.31. The molecule has 1 heterocycles. The number of benzene rings is 2. The van der Waals surface area contributed by atoms with E-state index in [-0.39, 0.29) is 50.6 Å². The Morgan fingerprint density at radius 1 is 1.11 bits per heavy atom. The number of hydrogen-bond donors (Lipinski definition) is 1. The van der Waals surface area contributed by atoms with Crippen LogP contribution in [-0.2, 0) is 26.2 Å². The first kappa shape index (κ1) is 29.1. The minimum absolute atomic E-state index is 0.0615. The number of sulfonamides is 1. The molecule has 0 aliphatic carbocycles. The highest BCUT2D eigenvalue weighted by atomic mass is 32.2. The fourth-order valence-corrected chi connectivity index (χ4v) is 5.27. The standard InChI is InChI=1S/C27H37N3O7S/c1-6-23(27(32)28-19(2)3)29(17-20-9-7-10-22(15-20)35-4)26(31)11-8-14-30(38(5,33)34)21-12-13-24-25(16-21)37-18-36-24/h7,9-10,12-13,15-16,19,23H,6,8,11,14,17-18H2,1-5H3,(H,28,32)/t23-/m0/s1. The van der Waals surface area contributed by atoms with Crippen LogP contribution in [0.3, 0.4) is 0 Å². The van der Waals surface area contributed by atoms with Crippen LogP contribution >= 0.6 is 0 Å². The minimum atomic E-state index is -3.62. The molecule has 0 saturated carbocycles. The summed E-state index contributed by atoms with van der Waals surface area (Å²) in [6, 6.07) is 11.5. The second kappa shape index (κ2) is 12.9. The van der Waals surface area contributed by atoms with E-state index >= 15 is 0 Å². The molecule has 38 heavy (non-hydrogen) atoms. The van der Waals surface area contributed by atoms with Crippen molar-refractivity contribution in [1.29, 1.82) is 0 Å². The molecule has 0 unspecified atom stereocenters. The third-order valence-electron chi connectivity index (χ3n) is 6.10. The van der Waals surface area contributed by atoms with Gasteiger partial charge in [0.1, 0.15) is 11.8 Å². The summed E-state index contributed by atoms with van der Waals surface area (Å²) in [6.07, 6.45) is 1.88. The molecule has 0 saturated heterocycles. The van der Waals surface area contributed by atoms with Gasteiger partial charge in [0.2, 0.25) is 28.6 Å². The number of amides is 2. The minimum Gasteiger partial charge on any atom is -0.497 e. The zero-order valence-corrected chi connectivity index (χ0v) is 23.4. The Labute approximate surface area is 224 Å². The van der Waals surface area contributed by atoms with Crippen LogP contribution in [0.4, 0.5) is 5.69 Å². The van der Waals surface area contributed by atoms with E-state index in [1.807, 2.05) is 45.0 Å². The first-order valence-electron chi connectivity index (χ1n) is 12.6. The average molecular weight is 548 g/mol. The molecule has 0 aromatic heterocycles. The second-order valence-electron chi connectivity index (χ2n) is 9.44. The summed E-state index contributed by atoms with van der Waals surface area (Å²) < 4.78 is 42.4. The van der Waals surface area contributed by atoms with E-state index in [0.717, 1.165) is 11.8 Å². The molecule has 1 N–H and O–H groups in total. The Kier molecular flexibility index (Phi) is 9.84. The topological polar surface area (TPSA) is 114 Å². The fraction of sp³-hybridized carbons (Fsp3) is 0.481. The number of methoxy groups -OCH3 is 1. The molecule has 0 spiro atoms. The number of carbonyl (C=O) groups is 2. The molecular formula is C27H37N3O7S. The van der Waals surface area contributed by atoms with Crippen molar-refractivity contribution in [3.63, 3.8) is 0 Å². The largest absolute Gasteiger partial charge is 0.497 e. The molecule has 2 aromatic carbocycles. The Balaban J connectivity index is 1.78. The van der Waals surface area contributed by atoms with Crippen LogP contribution in [0.5, 0.6) is 17.2 Å². The highest BCUT2D eigenvalue weighted by Gasteiger charge is 2.29. The summed E-state index contributed by atoms with van der Waals surface area (Å²) in [4.78, 5) is 28.1. The normalized spacial score (nSPS) is 13.2. The summed E-state index contributed by atoms with van der Waals surface area (Å²) in [6.45, 7) is 5.99. The van der Waals surface area contributed by atoms with Crippen molar-refractivity contribution in [3.8, 4) is 17.2 Å². The van der Waals surface area contributed by atoms with Gasteiger partial charge in [0.15, 0.2) is 11.5 Å². The third kappa shape index (κ3) is 7.53. The molecule has 3 rings (SSSR count). The van der Waals surface area contributed by atoms with Gasteiger partial charge in [-0.25, -0.2) is 8.42 Å². The number of anilines is 1. The maximum absolute atomic E-state index is 13.5. The summed E-state index contributed by atoms with van der Waals surface area (Å²) in [7, 11) is -2.05. The quantitative estimate of drug-likeness (QED) is 0.409. The summed E-state index contributed by atoms with van der Waals surface area (Å²) in [5, 5.41) is 2.91. The van der Waals surface area contributed by atoms with Crippen molar-refractivity contribution < 1.29 is 32.2 Å². The predicted molar refractivity (Wildman–Crippen MR) is 145 cm³/mol. The molecule has 2 aromatic rings. The van der Waals surface area contributed by atoms with Gasteiger partial charge in [-0.3, -0.25) is 13.9 Å². The Morgan fingerprint density at radius 3 is 2.50 bits per heavy atom. The van der Waals surface area contributed by atoms with Crippen molar-refractivity contribution in [3.05, 3.63) is 48.0 Å². The van der Waals surface area contributed by atoms with Crippen LogP contribution in [0.25, 0.3) is 0 Å². The number of fused-ring (bicyclic) bond motifs is 1. The highest BCUT2D eigenvalue weighted by molar-refractivity contribution is 7.92. The molecule has 0 bridgehead atoms. The van der Waals surface area contributed by atoms with E-state index < -0.39 is 16.1 Å². The van der Waals surface area contributed by atoms with Crippen LogP contribution in [0.2, 0.25) is 0 Å². The van der Waals surface area contributed by atoms with Crippen molar-refractivity contribution >= 4 is 27.5 Å². The van der Waals surface area contributed by atoms with Gasteiger partial charge in [-0.2, -0.15) is 0 Å².